The third-order valence-electron chi connectivity index (χ3n) is 1.36. The Kier molecular flexibility index (Phi) is 3.39. The summed E-state index contributed by atoms with van der Waals surface area (Å²) in [6.07, 6.45) is -0.631. The van der Waals surface area contributed by atoms with E-state index in [9.17, 15) is 4.79 Å². The fourth-order valence-electron chi connectivity index (χ4n) is 0.778. The van der Waals surface area contributed by atoms with Crippen molar-refractivity contribution in [2.45, 2.75) is 20.0 Å². The molecule has 1 heterocycles. The second-order valence-corrected chi connectivity index (χ2v) is 3.36. The molecule has 1 unspecified atom stereocenters. The summed E-state index contributed by atoms with van der Waals surface area (Å²) in [5.41, 5.74) is 0.266. The summed E-state index contributed by atoms with van der Waals surface area (Å²) >= 11 is 1.25. The van der Waals surface area contributed by atoms with Gasteiger partial charge in [-0.05, 0) is 13.8 Å². The Balaban J connectivity index is 2.73. The third-order valence-corrected chi connectivity index (χ3v) is 2.38. The molecule has 5 heteroatoms. The first kappa shape index (κ1) is 10.1. The number of aromatic nitrogens is 1. The second-order valence-electron chi connectivity index (χ2n) is 2.47. The number of hydrogen-bond donors (Lipinski definition) is 1. The highest BCUT2D eigenvalue weighted by atomic mass is 32.1. The van der Waals surface area contributed by atoms with Gasteiger partial charge in [-0.2, -0.15) is 0 Å². The fraction of sp³-hybridized carbons (Fsp3) is 0.500. The SMILES string of the molecule is CCOC(=O)c1csc(C(C)O)n1. The number of nitrogens with zero attached hydrogens (tertiary/aromatic N) is 1. The summed E-state index contributed by atoms with van der Waals surface area (Å²) < 4.78 is 4.74. The Bertz CT molecular complexity index is 295. The molecule has 0 aliphatic carbocycles. The van der Waals surface area contributed by atoms with E-state index in [1.165, 1.54) is 11.3 Å². The number of aliphatic hydroxyl groups excluding tert-OH is 1. The van der Waals surface area contributed by atoms with Gasteiger partial charge in [0.1, 0.15) is 11.1 Å². The number of carbonyl (C=O) groups excluding carboxylic acids is 1. The van der Waals surface area contributed by atoms with E-state index >= 15 is 0 Å². The van der Waals surface area contributed by atoms with E-state index in [2.05, 4.69) is 4.98 Å². The van der Waals surface area contributed by atoms with Crippen molar-refractivity contribution in [2.75, 3.05) is 6.61 Å². The lowest BCUT2D eigenvalue weighted by Crippen LogP contribution is -2.05. The normalized spacial score (nSPS) is 12.5. The summed E-state index contributed by atoms with van der Waals surface area (Å²) in [6.45, 7) is 3.67. The van der Waals surface area contributed by atoms with Gasteiger partial charge in [-0.25, -0.2) is 9.78 Å². The van der Waals surface area contributed by atoms with E-state index < -0.39 is 12.1 Å². The van der Waals surface area contributed by atoms with Crippen molar-refractivity contribution < 1.29 is 14.6 Å². The van der Waals surface area contributed by atoms with Gasteiger partial charge in [0.2, 0.25) is 0 Å². The minimum Gasteiger partial charge on any atom is -0.461 e. The molecule has 72 valence electrons. The molecule has 1 atom stereocenters. The zero-order chi connectivity index (χ0) is 9.84. The average molecular weight is 201 g/mol. The van der Waals surface area contributed by atoms with E-state index in [1.54, 1.807) is 19.2 Å². The molecule has 0 aromatic carbocycles. The maximum absolute atomic E-state index is 11.1. The third kappa shape index (κ3) is 2.50. The molecule has 1 N–H and O–H groups in total. The predicted octanol–water partition coefficient (Wildman–Crippen LogP) is 1.37. The Morgan fingerprint density at radius 2 is 2.54 bits per heavy atom. The fourth-order valence-corrected chi connectivity index (χ4v) is 1.51. The molecule has 0 saturated heterocycles. The minimum atomic E-state index is -0.631. The maximum Gasteiger partial charge on any atom is 0.357 e. The van der Waals surface area contributed by atoms with Gasteiger partial charge in [0.25, 0.3) is 0 Å². The Hall–Kier alpha value is -0.940. The number of aliphatic hydroxyl groups is 1. The van der Waals surface area contributed by atoms with Crippen molar-refractivity contribution in [3.8, 4) is 0 Å². The number of thiazole rings is 1. The molecule has 0 amide bonds. The smallest absolute Gasteiger partial charge is 0.357 e. The largest absolute Gasteiger partial charge is 0.461 e. The molecule has 1 aromatic rings. The van der Waals surface area contributed by atoms with Gasteiger partial charge < -0.3 is 9.84 Å². The molecule has 1 rings (SSSR count). The van der Waals surface area contributed by atoms with E-state index in [-0.39, 0.29) is 5.69 Å². The monoisotopic (exact) mass is 201 g/mol. The summed E-state index contributed by atoms with van der Waals surface area (Å²) in [6, 6.07) is 0. The zero-order valence-corrected chi connectivity index (χ0v) is 8.30. The average Bonchev–Trinajstić information content (AvgIpc) is 2.52. The van der Waals surface area contributed by atoms with Crippen LogP contribution in [0.3, 0.4) is 0 Å². The number of esters is 1. The highest BCUT2D eigenvalue weighted by Gasteiger charge is 2.13. The number of carbonyl (C=O) groups is 1. The first-order chi connectivity index (χ1) is 6.15. The van der Waals surface area contributed by atoms with Crippen molar-refractivity contribution in [1.82, 2.24) is 4.98 Å². The Morgan fingerprint density at radius 3 is 3.00 bits per heavy atom. The molecule has 0 radical (unpaired) electrons. The minimum absolute atomic E-state index is 0.266. The van der Waals surface area contributed by atoms with Crippen molar-refractivity contribution in [3.63, 3.8) is 0 Å². The quantitative estimate of drug-likeness (QED) is 0.750. The molecule has 0 saturated carbocycles. The summed E-state index contributed by atoms with van der Waals surface area (Å²) in [5.74, 6) is -0.439. The lowest BCUT2D eigenvalue weighted by Gasteiger charge is -1.97. The van der Waals surface area contributed by atoms with Crippen LogP contribution >= 0.6 is 11.3 Å². The molecular formula is C8H11NO3S. The van der Waals surface area contributed by atoms with Crippen LogP contribution in [0.25, 0.3) is 0 Å². The van der Waals surface area contributed by atoms with Gasteiger partial charge in [-0.15, -0.1) is 11.3 Å². The molecule has 0 aliphatic heterocycles. The van der Waals surface area contributed by atoms with Gasteiger partial charge in [0.05, 0.1) is 6.61 Å². The van der Waals surface area contributed by atoms with Crippen molar-refractivity contribution in [2.24, 2.45) is 0 Å². The topological polar surface area (TPSA) is 59.4 Å². The van der Waals surface area contributed by atoms with Crippen LogP contribution in [0, 0.1) is 0 Å². The molecule has 1 aromatic heterocycles. The van der Waals surface area contributed by atoms with Gasteiger partial charge >= 0.3 is 5.97 Å². The number of ether oxygens (including phenoxy) is 1. The van der Waals surface area contributed by atoms with Crippen LogP contribution in [0.2, 0.25) is 0 Å². The van der Waals surface area contributed by atoms with Crippen molar-refractivity contribution >= 4 is 17.3 Å². The lowest BCUT2D eigenvalue weighted by atomic mass is 10.4. The van der Waals surface area contributed by atoms with Crippen molar-refractivity contribution in [3.05, 3.63) is 16.1 Å². The highest BCUT2D eigenvalue weighted by molar-refractivity contribution is 7.09. The van der Waals surface area contributed by atoms with Crippen LogP contribution < -0.4 is 0 Å². The van der Waals surface area contributed by atoms with Gasteiger partial charge in [0.15, 0.2) is 5.69 Å². The van der Waals surface area contributed by atoms with Crippen LogP contribution in [0.4, 0.5) is 0 Å². The Morgan fingerprint density at radius 1 is 1.85 bits per heavy atom. The maximum atomic E-state index is 11.1. The summed E-state index contributed by atoms with van der Waals surface area (Å²) in [5, 5.41) is 11.3. The van der Waals surface area contributed by atoms with Crippen LogP contribution in [0.15, 0.2) is 5.38 Å². The van der Waals surface area contributed by atoms with Crippen LogP contribution in [0.5, 0.6) is 0 Å². The van der Waals surface area contributed by atoms with E-state index in [0.29, 0.717) is 11.6 Å². The predicted molar refractivity (Wildman–Crippen MR) is 48.7 cm³/mol. The van der Waals surface area contributed by atoms with Crippen LogP contribution in [-0.2, 0) is 4.74 Å². The molecule has 0 spiro atoms. The van der Waals surface area contributed by atoms with Gasteiger partial charge in [-0.1, -0.05) is 0 Å². The highest BCUT2D eigenvalue weighted by Crippen LogP contribution is 2.17. The van der Waals surface area contributed by atoms with E-state index in [1.807, 2.05) is 0 Å². The van der Waals surface area contributed by atoms with Crippen LogP contribution in [-0.4, -0.2) is 22.7 Å². The first-order valence-electron chi connectivity index (χ1n) is 3.95. The van der Waals surface area contributed by atoms with Crippen molar-refractivity contribution in [1.29, 1.82) is 0 Å². The summed E-state index contributed by atoms with van der Waals surface area (Å²) in [4.78, 5) is 15.0. The number of hydrogen-bond acceptors (Lipinski definition) is 5. The molecule has 0 aliphatic rings. The van der Waals surface area contributed by atoms with Gasteiger partial charge in [0, 0.05) is 5.38 Å². The first-order valence-corrected chi connectivity index (χ1v) is 4.83. The number of rotatable bonds is 3. The lowest BCUT2D eigenvalue weighted by molar-refractivity contribution is 0.0520. The van der Waals surface area contributed by atoms with Crippen LogP contribution in [0.1, 0.15) is 35.4 Å². The standard InChI is InChI=1S/C8H11NO3S/c1-3-12-8(11)6-4-13-7(9-6)5(2)10/h4-5,10H,3H2,1-2H3. The molecule has 13 heavy (non-hydrogen) atoms. The van der Waals surface area contributed by atoms with Gasteiger partial charge in [-0.3, -0.25) is 0 Å². The van der Waals surface area contributed by atoms with E-state index in [0.717, 1.165) is 0 Å². The molecule has 0 bridgehead atoms. The molecule has 4 nitrogen and oxygen atoms in total. The molecule has 0 fully saturated rings. The summed E-state index contributed by atoms with van der Waals surface area (Å²) in [7, 11) is 0. The second kappa shape index (κ2) is 4.34. The zero-order valence-electron chi connectivity index (χ0n) is 7.48. The Labute approximate surface area is 80.2 Å². The van der Waals surface area contributed by atoms with E-state index in [4.69, 9.17) is 9.84 Å². The molecular weight excluding hydrogens is 190 g/mol.